The Morgan fingerprint density at radius 3 is 1.16 bits per heavy atom. The van der Waals surface area contributed by atoms with Crippen molar-refractivity contribution < 1.29 is 43.0 Å². The Bertz CT molecular complexity index is 2100. The molecule has 4 aromatic rings. The molecule has 13 nitrogen and oxygen atoms in total. The van der Waals surface area contributed by atoms with Gasteiger partial charge < -0.3 is 24.8 Å². The Morgan fingerprint density at radius 1 is 0.492 bits per heavy atom. The number of anilines is 2. The Morgan fingerprint density at radius 2 is 0.825 bits per heavy atom. The third-order valence-electron chi connectivity index (χ3n) is 11.1. The van der Waals surface area contributed by atoms with Gasteiger partial charge in [-0.05, 0) is 122 Å². The summed E-state index contributed by atoms with van der Waals surface area (Å²) in [7, 11) is 3.11. The van der Waals surface area contributed by atoms with E-state index < -0.39 is 23.4 Å². The zero-order chi connectivity index (χ0) is 44.6. The molecule has 4 amide bonds. The average molecular weight is 855 g/mol. The lowest BCUT2D eigenvalue weighted by molar-refractivity contribution is -0.134. The Kier molecular flexibility index (Phi) is 16.4. The molecule has 0 saturated heterocycles. The van der Waals surface area contributed by atoms with E-state index in [1.807, 2.05) is 0 Å². The number of carbonyl (C=O) groups excluding carboxylic acids is 6. The number of hydrogen-bond donors (Lipinski definition) is 2. The van der Waals surface area contributed by atoms with E-state index in [4.69, 9.17) is 14.2 Å². The number of ketones is 2. The third-order valence-corrected chi connectivity index (χ3v) is 11.1. The van der Waals surface area contributed by atoms with E-state index in [2.05, 4.69) is 10.6 Å². The maximum absolute atomic E-state index is 13.6. The molecule has 2 saturated carbocycles. The highest BCUT2D eigenvalue weighted by Gasteiger charge is 2.27. The summed E-state index contributed by atoms with van der Waals surface area (Å²) in [5.74, 6) is -1.99. The van der Waals surface area contributed by atoms with Gasteiger partial charge in [-0.15, -0.1) is 0 Å². The van der Waals surface area contributed by atoms with E-state index in [1.165, 1.54) is 24.3 Å². The van der Waals surface area contributed by atoms with Crippen molar-refractivity contribution in [3.63, 3.8) is 0 Å². The molecule has 0 heterocycles. The van der Waals surface area contributed by atoms with Crippen molar-refractivity contribution >= 4 is 58.7 Å². The van der Waals surface area contributed by atoms with E-state index >= 15 is 0 Å². The predicted octanol–water partition coefficient (Wildman–Crippen LogP) is 7.62. The van der Waals surface area contributed by atoms with Crippen LogP contribution in [0.15, 0.2) is 109 Å². The maximum Gasteiger partial charge on any atom is 0.299 e. The number of nitrogens with one attached hydrogen (secondary N) is 2. The van der Waals surface area contributed by atoms with Crippen LogP contribution in [0.2, 0.25) is 0 Å². The zero-order valence-corrected chi connectivity index (χ0v) is 35.8. The van der Waals surface area contributed by atoms with E-state index in [-0.39, 0.29) is 37.0 Å². The molecule has 2 fully saturated rings. The first-order valence-corrected chi connectivity index (χ1v) is 21.4. The van der Waals surface area contributed by atoms with Crippen LogP contribution in [0.3, 0.4) is 0 Å². The molecular formula is C50H54N4O9. The van der Waals surface area contributed by atoms with Gasteiger partial charge in [0.25, 0.3) is 11.8 Å². The fraction of sp³-hybridized carbons (Fsp3) is 0.320. The van der Waals surface area contributed by atoms with Gasteiger partial charge in [-0.2, -0.15) is 0 Å². The zero-order valence-electron chi connectivity index (χ0n) is 35.8. The summed E-state index contributed by atoms with van der Waals surface area (Å²) in [6, 6.07) is 26.8. The minimum absolute atomic E-state index is 0.0161. The predicted molar refractivity (Wildman–Crippen MR) is 242 cm³/mol. The molecule has 0 unspecified atom stereocenters. The van der Waals surface area contributed by atoms with E-state index in [0.717, 1.165) is 74.0 Å². The van der Waals surface area contributed by atoms with Gasteiger partial charge in [0.15, 0.2) is 0 Å². The molecule has 0 atom stereocenters. The molecule has 13 heteroatoms. The van der Waals surface area contributed by atoms with Gasteiger partial charge in [0.2, 0.25) is 23.4 Å². The molecule has 4 aromatic carbocycles. The molecule has 328 valence electrons. The molecule has 0 bridgehead atoms. The number of ether oxygens (including phenoxy) is 3. The summed E-state index contributed by atoms with van der Waals surface area (Å²) in [5, 5.41) is 6.05. The summed E-state index contributed by atoms with van der Waals surface area (Å²) in [5.41, 5.74) is 2.02. The van der Waals surface area contributed by atoms with Crippen molar-refractivity contribution in [2.24, 2.45) is 0 Å². The molecule has 2 aliphatic carbocycles. The molecule has 0 radical (unpaired) electrons. The highest BCUT2D eigenvalue weighted by molar-refractivity contribution is 6.46. The highest BCUT2D eigenvalue weighted by atomic mass is 16.5. The minimum Gasteiger partial charge on any atom is -0.497 e. The maximum atomic E-state index is 13.6. The summed E-state index contributed by atoms with van der Waals surface area (Å²) in [6.07, 6.45) is 15.2. The number of carbonyl (C=O) groups is 6. The summed E-state index contributed by atoms with van der Waals surface area (Å²) in [4.78, 5) is 82.5. The van der Waals surface area contributed by atoms with Gasteiger partial charge in [-0.3, -0.25) is 38.6 Å². The quantitative estimate of drug-likeness (QED) is 0.0758. The van der Waals surface area contributed by atoms with E-state index in [0.29, 0.717) is 45.5 Å². The second kappa shape index (κ2) is 22.7. The van der Waals surface area contributed by atoms with Gasteiger partial charge in [0.05, 0.1) is 14.2 Å². The highest BCUT2D eigenvalue weighted by Crippen LogP contribution is 2.28. The second-order valence-corrected chi connectivity index (χ2v) is 15.6. The van der Waals surface area contributed by atoms with Gasteiger partial charge in [0, 0.05) is 23.5 Å². The van der Waals surface area contributed by atoms with Crippen LogP contribution in [0.1, 0.15) is 75.3 Å². The number of rotatable bonds is 18. The van der Waals surface area contributed by atoms with Crippen molar-refractivity contribution in [1.29, 1.82) is 0 Å². The SMILES string of the molecule is COc1ccc(/C=C/C(=O)C(=O)N(CC(=O)NC2CCCCC2)c2ccc(Oc3ccc(N(CC(=O)NC4CCCCC4)C(=O)C(=O)/C=C/c4ccc(OC)cc4)cc3)cc2)cc1. The number of benzene rings is 4. The van der Waals surface area contributed by atoms with Crippen molar-refractivity contribution in [2.45, 2.75) is 76.3 Å². The van der Waals surface area contributed by atoms with Crippen LogP contribution in [-0.4, -0.2) is 74.6 Å². The Hall–Kier alpha value is -7.02. The standard InChI is InChI=1S/C50H54N4O9/c1-61-41-23-13-35(14-24-41)17-31-45(55)49(59)53(33-47(57)51-37-9-5-3-6-10-37)39-19-27-43(28-20-39)63-44-29-21-40(22-30-44)54(34-48(58)52-38-11-7-4-8-12-38)50(60)46(56)32-18-36-15-25-42(62-2)26-16-36/h13-32,37-38H,3-12,33-34H2,1-2H3,(H,51,57)(H,52,58)/b31-17+,32-18+. The van der Waals surface area contributed by atoms with Crippen LogP contribution in [-0.2, 0) is 28.8 Å². The first-order chi connectivity index (χ1) is 30.6. The molecule has 0 aromatic heterocycles. The first-order valence-electron chi connectivity index (χ1n) is 21.4. The van der Waals surface area contributed by atoms with Crippen molar-refractivity contribution in [3.8, 4) is 23.0 Å². The first kappa shape index (κ1) is 45.5. The van der Waals surface area contributed by atoms with Crippen LogP contribution >= 0.6 is 0 Å². The normalized spacial score (nSPS) is 14.4. The van der Waals surface area contributed by atoms with Crippen LogP contribution in [0.5, 0.6) is 23.0 Å². The van der Waals surface area contributed by atoms with Crippen molar-refractivity contribution in [2.75, 3.05) is 37.1 Å². The lowest BCUT2D eigenvalue weighted by Crippen LogP contribution is -2.46. The van der Waals surface area contributed by atoms with Crippen molar-refractivity contribution in [3.05, 3.63) is 120 Å². The van der Waals surface area contributed by atoms with Crippen LogP contribution in [0.25, 0.3) is 12.2 Å². The number of methoxy groups -OCH3 is 2. The average Bonchev–Trinajstić information content (AvgIpc) is 3.32. The molecule has 0 aliphatic heterocycles. The second-order valence-electron chi connectivity index (χ2n) is 15.6. The van der Waals surface area contributed by atoms with Gasteiger partial charge in [-0.1, -0.05) is 74.9 Å². The summed E-state index contributed by atoms with van der Waals surface area (Å²) < 4.78 is 16.5. The molecular weight excluding hydrogens is 801 g/mol. The Balaban J connectivity index is 1.16. The fourth-order valence-electron chi connectivity index (χ4n) is 7.60. The minimum atomic E-state index is -0.871. The number of nitrogens with zero attached hydrogens (tertiary/aromatic N) is 2. The van der Waals surface area contributed by atoms with Crippen LogP contribution < -0.4 is 34.6 Å². The van der Waals surface area contributed by atoms with E-state index in [9.17, 15) is 28.8 Å². The van der Waals surface area contributed by atoms with Gasteiger partial charge >= 0.3 is 0 Å². The largest absolute Gasteiger partial charge is 0.497 e. The molecule has 63 heavy (non-hydrogen) atoms. The summed E-state index contributed by atoms with van der Waals surface area (Å²) in [6.45, 7) is -0.709. The van der Waals surface area contributed by atoms with Gasteiger partial charge in [-0.25, -0.2) is 0 Å². The number of hydrogen-bond acceptors (Lipinski definition) is 9. The summed E-state index contributed by atoms with van der Waals surface area (Å²) >= 11 is 0. The monoisotopic (exact) mass is 854 g/mol. The van der Waals surface area contributed by atoms with Crippen LogP contribution in [0.4, 0.5) is 11.4 Å². The molecule has 0 spiro atoms. The third kappa shape index (κ3) is 13.5. The lowest BCUT2D eigenvalue weighted by atomic mass is 9.95. The van der Waals surface area contributed by atoms with Gasteiger partial charge in [0.1, 0.15) is 36.1 Å². The Labute approximate surface area is 368 Å². The van der Waals surface area contributed by atoms with E-state index in [1.54, 1.807) is 111 Å². The topological polar surface area (TPSA) is 161 Å². The molecule has 2 aliphatic rings. The van der Waals surface area contributed by atoms with Crippen molar-refractivity contribution in [1.82, 2.24) is 10.6 Å². The molecule has 6 rings (SSSR count). The van der Waals surface area contributed by atoms with Crippen LogP contribution in [0, 0.1) is 0 Å². The smallest absolute Gasteiger partial charge is 0.299 e. The molecule has 2 N–H and O–H groups in total. The number of amides is 4. The fourth-order valence-corrected chi connectivity index (χ4v) is 7.60. The lowest BCUT2D eigenvalue weighted by Gasteiger charge is -2.26.